The first-order valence-electron chi connectivity index (χ1n) is 8.56. The number of carbonyl (C=O) groups is 1. The van der Waals surface area contributed by atoms with Crippen molar-refractivity contribution in [3.63, 3.8) is 0 Å². The maximum absolute atomic E-state index is 13.1. The van der Waals surface area contributed by atoms with Crippen molar-refractivity contribution in [2.75, 3.05) is 13.1 Å². The number of nitrogens with zero attached hydrogens (tertiary/aromatic N) is 1. The monoisotopic (exact) mass is 348 g/mol. The first-order valence-corrected chi connectivity index (χ1v) is 8.56. The van der Waals surface area contributed by atoms with Crippen LogP contribution in [0.25, 0.3) is 0 Å². The van der Waals surface area contributed by atoms with E-state index >= 15 is 0 Å². The molecule has 1 fully saturated rings. The van der Waals surface area contributed by atoms with Gasteiger partial charge in [0.1, 0.15) is 5.60 Å². The predicted octanol–water partition coefficient (Wildman–Crippen LogP) is 4.02. The highest BCUT2D eigenvalue weighted by molar-refractivity contribution is 5.68. The topological polar surface area (TPSA) is 41.6 Å². The van der Waals surface area contributed by atoms with Crippen LogP contribution in [0.4, 0.5) is 18.0 Å². The molecule has 1 saturated heterocycles. The lowest BCUT2D eigenvalue weighted by Gasteiger charge is -2.42. The van der Waals surface area contributed by atoms with Gasteiger partial charge in [0, 0.05) is 11.6 Å². The first kappa shape index (κ1) is 19.1. The molecule has 1 aliphatic carbocycles. The maximum Gasteiger partial charge on any atom is 0.412 e. The second-order valence-electron chi connectivity index (χ2n) is 7.58. The highest BCUT2D eigenvalue weighted by Gasteiger charge is 2.41. The van der Waals surface area contributed by atoms with Crippen molar-refractivity contribution in [2.45, 2.75) is 76.7 Å². The Labute approximate surface area is 141 Å². The van der Waals surface area contributed by atoms with Crippen LogP contribution in [0.2, 0.25) is 0 Å². The second-order valence-corrected chi connectivity index (χ2v) is 7.58. The highest BCUT2D eigenvalue weighted by Crippen LogP contribution is 2.35. The van der Waals surface area contributed by atoms with E-state index in [1.807, 2.05) is 0 Å². The Balaban J connectivity index is 2.10. The van der Waals surface area contributed by atoms with E-state index in [0.717, 1.165) is 32.4 Å². The summed E-state index contributed by atoms with van der Waals surface area (Å²) in [7, 11) is 0. The number of nitrogens with one attached hydrogen (secondary N) is 1. The minimum absolute atomic E-state index is 0.0794. The fourth-order valence-electron chi connectivity index (χ4n) is 3.36. The van der Waals surface area contributed by atoms with E-state index in [0.29, 0.717) is 0 Å². The maximum atomic E-state index is 13.1. The number of alkyl halides is 3. The summed E-state index contributed by atoms with van der Waals surface area (Å²) in [5, 5.41) is 2.78. The lowest BCUT2D eigenvalue weighted by atomic mass is 9.87. The summed E-state index contributed by atoms with van der Waals surface area (Å²) >= 11 is 0. The molecular weight excluding hydrogens is 321 g/mol. The quantitative estimate of drug-likeness (QED) is 0.767. The van der Waals surface area contributed by atoms with Gasteiger partial charge in [-0.3, -0.25) is 4.90 Å². The molecule has 0 aromatic heterocycles. The van der Waals surface area contributed by atoms with E-state index in [1.54, 1.807) is 20.8 Å². The SMILES string of the molecule is CC(C)(C)OC(=O)NC1CC=C(C(F)(F)F)C[C@@H]1N1CCCCC1. The van der Waals surface area contributed by atoms with Gasteiger partial charge >= 0.3 is 12.3 Å². The van der Waals surface area contributed by atoms with Crippen LogP contribution in [0.5, 0.6) is 0 Å². The van der Waals surface area contributed by atoms with Gasteiger partial charge in [0.25, 0.3) is 0 Å². The molecule has 7 heteroatoms. The third-order valence-corrected chi connectivity index (χ3v) is 4.44. The Kier molecular flexibility index (Phi) is 5.83. The number of rotatable bonds is 2. The Morgan fingerprint density at radius 2 is 1.83 bits per heavy atom. The summed E-state index contributed by atoms with van der Waals surface area (Å²) in [6.07, 6.45) is -0.484. The molecule has 1 amide bonds. The Hall–Kier alpha value is -1.24. The largest absolute Gasteiger partial charge is 0.444 e. The van der Waals surface area contributed by atoms with Crippen LogP contribution in [-0.4, -0.2) is 47.9 Å². The van der Waals surface area contributed by atoms with Crippen LogP contribution in [0.1, 0.15) is 52.9 Å². The van der Waals surface area contributed by atoms with Crippen LogP contribution >= 0.6 is 0 Å². The minimum atomic E-state index is -4.30. The van der Waals surface area contributed by atoms with Crippen molar-refractivity contribution in [1.29, 1.82) is 0 Å². The lowest BCUT2D eigenvalue weighted by Crippen LogP contribution is -2.55. The number of hydrogen-bond donors (Lipinski definition) is 1. The number of amides is 1. The van der Waals surface area contributed by atoms with E-state index in [2.05, 4.69) is 10.2 Å². The van der Waals surface area contributed by atoms with E-state index in [9.17, 15) is 18.0 Å². The average Bonchev–Trinajstić information content (AvgIpc) is 2.45. The molecule has 2 aliphatic rings. The van der Waals surface area contributed by atoms with E-state index in [-0.39, 0.29) is 24.9 Å². The van der Waals surface area contributed by atoms with Crippen LogP contribution in [0, 0.1) is 0 Å². The lowest BCUT2D eigenvalue weighted by molar-refractivity contribution is -0.0981. The summed E-state index contributed by atoms with van der Waals surface area (Å²) in [5.74, 6) is 0. The predicted molar refractivity (Wildman–Crippen MR) is 85.7 cm³/mol. The number of piperidine rings is 1. The summed E-state index contributed by atoms with van der Waals surface area (Å²) in [6, 6.07) is -0.691. The van der Waals surface area contributed by atoms with Crippen molar-refractivity contribution in [3.8, 4) is 0 Å². The van der Waals surface area contributed by atoms with Crippen LogP contribution < -0.4 is 5.32 Å². The van der Waals surface area contributed by atoms with Gasteiger partial charge in [-0.15, -0.1) is 0 Å². The summed E-state index contributed by atoms with van der Waals surface area (Å²) in [4.78, 5) is 14.1. The van der Waals surface area contributed by atoms with Crippen molar-refractivity contribution in [3.05, 3.63) is 11.6 Å². The molecule has 138 valence electrons. The van der Waals surface area contributed by atoms with E-state index < -0.39 is 23.4 Å². The smallest absolute Gasteiger partial charge is 0.412 e. The molecule has 2 atom stereocenters. The molecule has 1 heterocycles. The minimum Gasteiger partial charge on any atom is -0.444 e. The zero-order chi connectivity index (χ0) is 18.0. The van der Waals surface area contributed by atoms with E-state index in [4.69, 9.17) is 4.74 Å². The van der Waals surface area contributed by atoms with Crippen molar-refractivity contribution < 1.29 is 22.7 Å². The van der Waals surface area contributed by atoms with Gasteiger partial charge in [0.05, 0.1) is 6.04 Å². The molecule has 0 aromatic carbocycles. The van der Waals surface area contributed by atoms with E-state index in [1.165, 1.54) is 6.08 Å². The highest BCUT2D eigenvalue weighted by atomic mass is 19.4. The summed E-state index contributed by atoms with van der Waals surface area (Å²) in [5.41, 5.74) is -1.12. The van der Waals surface area contributed by atoms with Crippen molar-refractivity contribution >= 4 is 6.09 Å². The van der Waals surface area contributed by atoms with Gasteiger partial charge in [-0.1, -0.05) is 12.5 Å². The van der Waals surface area contributed by atoms with Gasteiger partial charge < -0.3 is 10.1 Å². The Morgan fingerprint density at radius 3 is 2.38 bits per heavy atom. The van der Waals surface area contributed by atoms with Gasteiger partial charge in [0.2, 0.25) is 0 Å². The molecule has 0 saturated carbocycles. The molecule has 4 nitrogen and oxygen atoms in total. The molecule has 24 heavy (non-hydrogen) atoms. The molecular formula is C17H27F3N2O2. The molecule has 2 rings (SSSR count). The number of alkyl carbamates (subject to hydrolysis) is 1. The summed E-state index contributed by atoms with van der Waals surface area (Å²) < 4.78 is 44.5. The van der Waals surface area contributed by atoms with Crippen LogP contribution in [-0.2, 0) is 4.74 Å². The van der Waals surface area contributed by atoms with Gasteiger partial charge in [-0.05, 0) is 59.5 Å². The van der Waals surface area contributed by atoms with Crippen molar-refractivity contribution in [1.82, 2.24) is 10.2 Å². The number of ether oxygens (including phenoxy) is 1. The molecule has 1 unspecified atom stereocenters. The fourth-order valence-corrected chi connectivity index (χ4v) is 3.36. The van der Waals surface area contributed by atoms with Gasteiger partial charge in [-0.25, -0.2) is 4.79 Å². The fraction of sp³-hybridized carbons (Fsp3) is 0.824. The van der Waals surface area contributed by atoms with Crippen LogP contribution in [0.3, 0.4) is 0 Å². The number of halogens is 3. The molecule has 0 aromatic rings. The molecule has 1 aliphatic heterocycles. The first-order chi connectivity index (χ1) is 11.1. The normalized spacial score (nSPS) is 26.7. The van der Waals surface area contributed by atoms with Crippen molar-refractivity contribution in [2.24, 2.45) is 0 Å². The Bertz CT molecular complexity index is 477. The third-order valence-electron chi connectivity index (χ3n) is 4.44. The second kappa shape index (κ2) is 7.33. The number of likely N-dealkylation sites (tertiary alicyclic amines) is 1. The number of hydrogen-bond acceptors (Lipinski definition) is 3. The molecule has 1 N–H and O–H groups in total. The zero-order valence-corrected chi connectivity index (χ0v) is 14.6. The van der Waals surface area contributed by atoms with Gasteiger partial charge in [0.15, 0.2) is 0 Å². The standard InChI is InChI=1S/C17H27F3N2O2/c1-16(2,3)24-15(23)21-13-8-7-12(17(18,19)20)11-14(13)22-9-5-4-6-10-22/h7,13-14H,4-6,8-11H2,1-3H3,(H,21,23)/t13?,14-/m0/s1. The van der Waals surface area contributed by atoms with Gasteiger partial charge in [-0.2, -0.15) is 13.2 Å². The summed E-state index contributed by atoms with van der Waals surface area (Å²) in [6.45, 7) is 6.84. The molecule has 0 spiro atoms. The third kappa shape index (κ3) is 5.40. The molecule has 0 bridgehead atoms. The Morgan fingerprint density at radius 1 is 1.21 bits per heavy atom. The molecule has 0 radical (unpaired) electrons. The zero-order valence-electron chi connectivity index (χ0n) is 14.6. The average molecular weight is 348 g/mol. The van der Waals surface area contributed by atoms with Crippen LogP contribution in [0.15, 0.2) is 11.6 Å². The number of carbonyl (C=O) groups excluding carboxylic acids is 1.